The van der Waals surface area contributed by atoms with E-state index in [2.05, 4.69) is 0 Å². The Hall–Kier alpha value is -0.610. The highest BCUT2D eigenvalue weighted by Crippen LogP contribution is 2.37. The number of aliphatic carboxylic acids is 1. The van der Waals surface area contributed by atoms with Gasteiger partial charge >= 0.3 is 5.97 Å². The van der Waals surface area contributed by atoms with Crippen LogP contribution < -0.4 is 0 Å². The number of β-amino-alcohol motifs (C(OH)–C–C–N with tert-alkyl or cyclic N) is 1. The highest BCUT2D eigenvalue weighted by atomic mass is 16.4. The zero-order chi connectivity index (χ0) is 12.5. The van der Waals surface area contributed by atoms with Gasteiger partial charge < -0.3 is 10.2 Å². The van der Waals surface area contributed by atoms with Gasteiger partial charge in [-0.05, 0) is 38.6 Å². The van der Waals surface area contributed by atoms with Crippen molar-refractivity contribution in [3.8, 4) is 0 Å². The summed E-state index contributed by atoms with van der Waals surface area (Å²) in [6, 6.07) is 0. The van der Waals surface area contributed by atoms with Crippen LogP contribution >= 0.6 is 0 Å². The average molecular weight is 241 g/mol. The van der Waals surface area contributed by atoms with Crippen LogP contribution in [-0.4, -0.2) is 45.3 Å². The molecule has 2 aliphatic rings. The van der Waals surface area contributed by atoms with Crippen LogP contribution in [-0.2, 0) is 4.79 Å². The number of likely N-dealkylation sites (tertiary alicyclic amines) is 1. The molecule has 0 aromatic heterocycles. The maximum Gasteiger partial charge on any atom is 0.324 e. The standard InChI is InChI=1S/C13H23NO3/c1-2-13(11(15)16)8-5-9-14(13)10-12(17)6-3-4-7-12/h17H,2-10H2,1H3,(H,15,16). The van der Waals surface area contributed by atoms with Crippen LogP contribution in [0.25, 0.3) is 0 Å². The molecule has 0 amide bonds. The van der Waals surface area contributed by atoms with E-state index < -0.39 is 17.1 Å². The molecule has 1 saturated carbocycles. The zero-order valence-electron chi connectivity index (χ0n) is 10.6. The first-order valence-corrected chi connectivity index (χ1v) is 6.73. The van der Waals surface area contributed by atoms with E-state index in [1.165, 1.54) is 0 Å². The lowest BCUT2D eigenvalue weighted by molar-refractivity contribution is -0.151. The van der Waals surface area contributed by atoms with Crippen LogP contribution in [0.2, 0.25) is 0 Å². The van der Waals surface area contributed by atoms with Crippen LogP contribution in [0, 0.1) is 0 Å². The Morgan fingerprint density at radius 3 is 2.41 bits per heavy atom. The number of carboxylic acids is 1. The maximum absolute atomic E-state index is 11.5. The Morgan fingerprint density at radius 2 is 1.88 bits per heavy atom. The topological polar surface area (TPSA) is 60.8 Å². The van der Waals surface area contributed by atoms with Crippen molar-refractivity contribution in [1.82, 2.24) is 4.90 Å². The smallest absolute Gasteiger partial charge is 0.324 e. The highest BCUT2D eigenvalue weighted by molar-refractivity contribution is 5.79. The lowest BCUT2D eigenvalue weighted by atomic mass is 9.91. The van der Waals surface area contributed by atoms with Gasteiger partial charge in [-0.25, -0.2) is 0 Å². The molecule has 0 bridgehead atoms. The third kappa shape index (κ3) is 2.20. The van der Waals surface area contributed by atoms with E-state index in [1.807, 2.05) is 11.8 Å². The van der Waals surface area contributed by atoms with Crippen molar-refractivity contribution < 1.29 is 15.0 Å². The van der Waals surface area contributed by atoms with Crippen molar-refractivity contribution in [3.05, 3.63) is 0 Å². The molecule has 4 heteroatoms. The first-order chi connectivity index (χ1) is 8.02. The molecule has 98 valence electrons. The van der Waals surface area contributed by atoms with Crippen LogP contribution in [0.5, 0.6) is 0 Å². The fraction of sp³-hybridized carbons (Fsp3) is 0.923. The summed E-state index contributed by atoms with van der Waals surface area (Å²) in [6.07, 6.45) is 6.04. The molecule has 1 aliphatic carbocycles. The lowest BCUT2D eigenvalue weighted by Gasteiger charge is -2.38. The third-order valence-electron chi connectivity index (χ3n) is 4.63. The SMILES string of the molecule is CCC1(C(=O)O)CCCN1CC1(O)CCCC1. The summed E-state index contributed by atoms with van der Waals surface area (Å²) in [6.45, 7) is 3.28. The monoisotopic (exact) mass is 241 g/mol. The van der Waals surface area contributed by atoms with Gasteiger partial charge in [-0.3, -0.25) is 9.69 Å². The van der Waals surface area contributed by atoms with Gasteiger partial charge in [0.15, 0.2) is 0 Å². The quantitative estimate of drug-likeness (QED) is 0.785. The van der Waals surface area contributed by atoms with Crippen molar-refractivity contribution in [2.75, 3.05) is 13.1 Å². The third-order valence-corrected chi connectivity index (χ3v) is 4.63. The second-order valence-corrected chi connectivity index (χ2v) is 5.65. The molecule has 4 nitrogen and oxygen atoms in total. The van der Waals surface area contributed by atoms with Crippen molar-refractivity contribution in [3.63, 3.8) is 0 Å². The molecule has 1 aliphatic heterocycles. The molecule has 0 radical (unpaired) electrons. The van der Waals surface area contributed by atoms with Crippen LogP contribution in [0.1, 0.15) is 51.9 Å². The summed E-state index contributed by atoms with van der Waals surface area (Å²) >= 11 is 0. The molecule has 2 fully saturated rings. The number of carboxylic acid groups (broad SMARTS) is 1. The number of hydrogen-bond donors (Lipinski definition) is 2. The Labute approximate surface area is 103 Å². The van der Waals surface area contributed by atoms with E-state index in [-0.39, 0.29) is 0 Å². The first-order valence-electron chi connectivity index (χ1n) is 6.73. The maximum atomic E-state index is 11.5. The Kier molecular flexibility index (Phi) is 3.46. The van der Waals surface area contributed by atoms with E-state index in [9.17, 15) is 15.0 Å². The summed E-state index contributed by atoms with van der Waals surface area (Å²) in [5.74, 6) is -0.723. The van der Waals surface area contributed by atoms with E-state index >= 15 is 0 Å². The Balaban J connectivity index is 2.11. The van der Waals surface area contributed by atoms with Gasteiger partial charge in [0.1, 0.15) is 5.54 Å². The van der Waals surface area contributed by atoms with Gasteiger partial charge in [0.2, 0.25) is 0 Å². The van der Waals surface area contributed by atoms with Gasteiger partial charge in [0.25, 0.3) is 0 Å². The van der Waals surface area contributed by atoms with Gasteiger partial charge in [0, 0.05) is 6.54 Å². The van der Waals surface area contributed by atoms with Crippen molar-refractivity contribution in [2.45, 2.75) is 63.0 Å². The average Bonchev–Trinajstić information content (AvgIpc) is 2.86. The number of rotatable bonds is 4. The van der Waals surface area contributed by atoms with Crippen LogP contribution in [0.4, 0.5) is 0 Å². The van der Waals surface area contributed by atoms with E-state index in [4.69, 9.17) is 0 Å². The molecule has 1 heterocycles. The summed E-state index contributed by atoms with van der Waals surface area (Å²) < 4.78 is 0. The van der Waals surface area contributed by atoms with Crippen molar-refractivity contribution in [1.29, 1.82) is 0 Å². The van der Waals surface area contributed by atoms with Gasteiger partial charge in [-0.1, -0.05) is 19.8 Å². The molecule has 0 spiro atoms. The van der Waals surface area contributed by atoms with Crippen molar-refractivity contribution in [2.24, 2.45) is 0 Å². The minimum atomic E-state index is -0.724. The molecule has 1 atom stereocenters. The number of nitrogens with zero attached hydrogens (tertiary/aromatic N) is 1. The molecule has 0 aromatic rings. The number of carbonyl (C=O) groups is 1. The minimum absolute atomic E-state index is 0.535. The molecular formula is C13H23NO3. The van der Waals surface area contributed by atoms with Crippen molar-refractivity contribution >= 4 is 5.97 Å². The molecule has 1 saturated heterocycles. The van der Waals surface area contributed by atoms with E-state index in [0.29, 0.717) is 13.0 Å². The second kappa shape index (κ2) is 4.58. The molecule has 0 aromatic carbocycles. The molecule has 2 rings (SSSR count). The van der Waals surface area contributed by atoms with Crippen LogP contribution in [0.3, 0.4) is 0 Å². The van der Waals surface area contributed by atoms with E-state index in [0.717, 1.165) is 45.1 Å². The van der Waals surface area contributed by atoms with E-state index in [1.54, 1.807) is 0 Å². The lowest BCUT2D eigenvalue weighted by Crippen LogP contribution is -2.54. The number of hydrogen-bond acceptors (Lipinski definition) is 3. The summed E-state index contributed by atoms with van der Waals surface area (Å²) in [4.78, 5) is 13.5. The summed E-state index contributed by atoms with van der Waals surface area (Å²) in [7, 11) is 0. The second-order valence-electron chi connectivity index (χ2n) is 5.65. The largest absolute Gasteiger partial charge is 0.480 e. The predicted octanol–water partition coefficient (Wildman–Crippen LogP) is 1.62. The molecular weight excluding hydrogens is 218 g/mol. The molecule has 1 unspecified atom stereocenters. The Bertz CT molecular complexity index is 299. The van der Waals surface area contributed by atoms with Gasteiger partial charge in [-0.2, -0.15) is 0 Å². The normalized spacial score (nSPS) is 33.1. The van der Waals surface area contributed by atoms with Gasteiger partial charge in [0.05, 0.1) is 5.60 Å². The fourth-order valence-electron chi connectivity index (χ4n) is 3.51. The zero-order valence-corrected chi connectivity index (χ0v) is 10.6. The predicted molar refractivity (Wildman–Crippen MR) is 64.9 cm³/mol. The Morgan fingerprint density at radius 1 is 1.24 bits per heavy atom. The van der Waals surface area contributed by atoms with Crippen LogP contribution in [0.15, 0.2) is 0 Å². The highest BCUT2D eigenvalue weighted by Gasteiger charge is 2.48. The fourth-order valence-corrected chi connectivity index (χ4v) is 3.51. The molecule has 2 N–H and O–H groups in total. The molecule has 17 heavy (non-hydrogen) atoms. The minimum Gasteiger partial charge on any atom is -0.480 e. The first kappa shape index (κ1) is 12.8. The summed E-state index contributed by atoms with van der Waals surface area (Å²) in [5.41, 5.74) is -1.36. The number of aliphatic hydroxyl groups is 1. The van der Waals surface area contributed by atoms with Gasteiger partial charge in [-0.15, -0.1) is 0 Å². The summed E-state index contributed by atoms with van der Waals surface area (Å²) in [5, 5.41) is 19.9.